The predicted molar refractivity (Wildman–Crippen MR) is 95.9 cm³/mol. The Labute approximate surface area is 146 Å². The molecule has 0 radical (unpaired) electrons. The summed E-state index contributed by atoms with van der Waals surface area (Å²) in [5, 5.41) is 12.6. The molecule has 24 heavy (non-hydrogen) atoms. The van der Waals surface area contributed by atoms with Crippen molar-refractivity contribution in [2.45, 2.75) is 83.8 Å². The zero-order valence-corrected chi connectivity index (χ0v) is 15.9. The van der Waals surface area contributed by atoms with Gasteiger partial charge in [-0.15, -0.1) is 5.10 Å². The quantitative estimate of drug-likeness (QED) is 0.847. The highest BCUT2D eigenvalue weighted by atomic mass is 15.6. The molecule has 0 bridgehead atoms. The molecule has 1 aromatic rings. The van der Waals surface area contributed by atoms with E-state index in [1.54, 1.807) is 0 Å². The molecule has 0 amide bonds. The molecular weight excluding hydrogens is 300 g/mol. The monoisotopic (exact) mass is 334 g/mol. The van der Waals surface area contributed by atoms with Crippen molar-refractivity contribution in [3.63, 3.8) is 0 Å². The molecule has 1 saturated carbocycles. The largest absolute Gasteiger partial charge is 0.298 e. The minimum absolute atomic E-state index is 0.0732. The van der Waals surface area contributed by atoms with Gasteiger partial charge in [0.15, 0.2) is 5.82 Å². The Kier molecular flexibility index (Phi) is 5.55. The van der Waals surface area contributed by atoms with Crippen LogP contribution in [0.3, 0.4) is 0 Å². The predicted octanol–water partition coefficient (Wildman–Crippen LogP) is 2.83. The first-order valence-electron chi connectivity index (χ1n) is 9.77. The minimum Gasteiger partial charge on any atom is -0.298 e. The van der Waals surface area contributed by atoms with E-state index in [9.17, 15) is 0 Å². The summed E-state index contributed by atoms with van der Waals surface area (Å²) >= 11 is 0. The zero-order chi connectivity index (χ0) is 17.2. The SMILES string of the molecule is CC[C@H](c1nnnn1C(C)(C)C)N1CCN(C2CCCCC2)CC1. The van der Waals surface area contributed by atoms with Crippen LogP contribution in [0.1, 0.15) is 78.1 Å². The van der Waals surface area contributed by atoms with E-state index in [0.717, 1.165) is 31.4 Å². The highest BCUT2D eigenvalue weighted by Crippen LogP contribution is 2.29. The Bertz CT molecular complexity index is 506. The molecule has 136 valence electrons. The third-order valence-electron chi connectivity index (χ3n) is 5.69. The second-order valence-electron chi connectivity index (χ2n) is 8.41. The smallest absolute Gasteiger partial charge is 0.168 e. The highest BCUT2D eigenvalue weighted by Gasteiger charge is 2.32. The zero-order valence-electron chi connectivity index (χ0n) is 15.9. The van der Waals surface area contributed by atoms with Crippen molar-refractivity contribution in [1.82, 2.24) is 30.0 Å². The van der Waals surface area contributed by atoms with Crippen LogP contribution < -0.4 is 0 Å². The highest BCUT2D eigenvalue weighted by molar-refractivity contribution is 4.98. The first-order valence-corrected chi connectivity index (χ1v) is 9.77. The summed E-state index contributed by atoms with van der Waals surface area (Å²) in [5.41, 5.74) is -0.0732. The van der Waals surface area contributed by atoms with Crippen molar-refractivity contribution in [1.29, 1.82) is 0 Å². The van der Waals surface area contributed by atoms with Crippen LogP contribution in [0.5, 0.6) is 0 Å². The molecule has 1 saturated heterocycles. The van der Waals surface area contributed by atoms with Crippen molar-refractivity contribution in [2.24, 2.45) is 0 Å². The van der Waals surface area contributed by atoms with E-state index in [-0.39, 0.29) is 5.54 Å². The van der Waals surface area contributed by atoms with Gasteiger partial charge in [-0.1, -0.05) is 26.2 Å². The van der Waals surface area contributed by atoms with Crippen molar-refractivity contribution >= 4 is 0 Å². The van der Waals surface area contributed by atoms with Crippen molar-refractivity contribution in [2.75, 3.05) is 26.2 Å². The fourth-order valence-corrected chi connectivity index (χ4v) is 4.34. The second kappa shape index (κ2) is 7.48. The Morgan fingerprint density at radius 3 is 2.29 bits per heavy atom. The van der Waals surface area contributed by atoms with E-state index < -0.39 is 0 Å². The summed E-state index contributed by atoms with van der Waals surface area (Å²) in [4.78, 5) is 5.32. The lowest BCUT2D eigenvalue weighted by atomic mass is 9.93. The van der Waals surface area contributed by atoms with Crippen LogP contribution >= 0.6 is 0 Å². The first kappa shape index (κ1) is 17.8. The fourth-order valence-electron chi connectivity index (χ4n) is 4.34. The van der Waals surface area contributed by atoms with Crippen LogP contribution in [0.2, 0.25) is 0 Å². The standard InChI is InChI=1S/C18H34N6/c1-5-16(17-19-20-21-24(17)18(2,3)4)23-13-11-22(12-14-23)15-9-7-6-8-10-15/h15-16H,5-14H2,1-4H3/t16-/m1/s1. The number of aromatic nitrogens is 4. The van der Waals surface area contributed by atoms with E-state index in [4.69, 9.17) is 0 Å². The topological polar surface area (TPSA) is 50.1 Å². The van der Waals surface area contributed by atoms with Gasteiger partial charge in [0.2, 0.25) is 0 Å². The Morgan fingerprint density at radius 2 is 1.71 bits per heavy atom. The van der Waals surface area contributed by atoms with Crippen LogP contribution in [-0.4, -0.2) is 62.2 Å². The van der Waals surface area contributed by atoms with Gasteiger partial charge in [0.05, 0.1) is 11.6 Å². The molecule has 6 nitrogen and oxygen atoms in total. The third kappa shape index (κ3) is 3.80. The van der Waals surface area contributed by atoms with Crippen molar-refractivity contribution < 1.29 is 0 Å². The molecule has 3 rings (SSSR count). The van der Waals surface area contributed by atoms with Crippen molar-refractivity contribution in [3.05, 3.63) is 5.82 Å². The minimum atomic E-state index is -0.0732. The molecule has 1 aliphatic carbocycles. The molecule has 2 heterocycles. The molecule has 0 aromatic carbocycles. The van der Waals surface area contributed by atoms with E-state index in [1.165, 1.54) is 45.2 Å². The molecule has 1 aromatic heterocycles. The van der Waals surface area contributed by atoms with E-state index in [1.807, 2.05) is 4.68 Å². The second-order valence-corrected chi connectivity index (χ2v) is 8.41. The summed E-state index contributed by atoms with van der Waals surface area (Å²) in [6.45, 7) is 13.4. The molecular formula is C18H34N6. The summed E-state index contributed by atoms with van der Waals surface area (Å²) in [6, 6.07) is 1.16. The number of tetrazole rings is 1. The van der Waals surface area contributed by atoms with E-state index in [0.29, 0.717) is 6.04 Å². The van der Waals surface area contributed by atoms with Crippen LogP contribution in [0.25, 0.3) is 0 Å². The Morgan fingerprint density at radius 1 is 1.04 bits per heavy atom. The van der Waals surface area contributed by atoms with Gasteiger partial charge in [-0.3, -0.25) is 9.80 Å². The normalized spacial score (nSPS) is 23.5. The molecule has 2 aliphatic rings. The molecule has 0 unspecified atom stereocenters. The summed E-state index contributed by atoms with van der Waals surface area (Å²) < 4.78 is 2.01. The van der Waals surface area contributed by atoms with E-state index >= 15 is 0 Å². The lowest BCUT2D eigenvalue weighted by molar-refractivity contribution is 0.0502. The van der Waals surface area contributed by atoms with Gasteiger partial charge in [0.1, 0.15) is 0 Å². The molecule has 2 fully saturated rings. The summed E-state index contributed by atoms with van der Waals surface area (Å²) in [7, 11) is 0. The maximum absolute atomic E-state index is 4.38. The van der Waals surface area contributed by atoms with Gasteiger partial charge in [-0.25, -0.2) is 4.68 Å². The van der Waals surface area contributed by atoms with Crippen LogP contribution in [0.15, 0.2) is 0 Å². The van der Waals surface area contributed by atoms with Crippen LogP contribution in [0, 0.1) is 0 Å². The van der Waals surface area contributed by atoms with E-state index in [2.05, 4.69) is 53.0 Å². The van der Waals surface area contributed by atoms with Gasteiger partial charge in [0, 0.05) is 32.2 Å². The Hall–Kier alpha value is -1.01. The summed E-state index contributed by atoms with van der Waals surface area (Å²) in [6.07, 6.45) is 8.13. The number of piperazine rings is 1. The van der Waals surface area contributed by atoms with Gasteiger partial charge < -0.3 is 0 Å². The van der Waals surface area contributed by atoms with Crippen LogP contribution in [0.4, 0.5) is 0 Å². The maximum atomic E-state index is 4.38. The lowest BCUT2D eigenvalue weighted by Crippen LogP contribution is -2.52. The third-order valence-corrected chi connectivity index (χ3v) is 5.69. The lowest BCUT2D eigenvalue weighted by Gasteiger charge is -2.43. The molecule has 0 spiro atoms. The average molecular weight is 335 g/mol. The fraction of sp³-hybridized carbons (Fsp3) is 0.944. The maximum Gasteiger partial charge on any atom is 0.168 e. The number of rotatable bonds is 4. The molecule has 1 atom stereocenters. The van der Waals surface area contributed by atoms with Gasteiger partial charge >= 0.3 is 0 Å². The molecule has 0 N–H and O–H groups in total. The average Bonchev–Trinajstić information content (AvgIpc) is 3.07. The number of hydrogen-bond donors (Lipinski definition) is 0. The van der Waals surface area contributed by atoms with Gasteiger partial charge in [-0.05, 0) is 50.5 Å². The number of hydrogen-bond acceptors (Lipinski definition) is 5. The first-order chi connectivity index (χ1) is 11.5. The van der Waals surface area contributed by atoms with Gasteiger partial charge in [-0.2, -0.15) is 0 Å². The summed E-state index contributed by atoms with van der Waals surface area (Å²) in [5.74, 6) is 1.02. The van der Waals surface area contributed by atoms with Crippen molar-refractivity contribution in [3.8, 4) is 0 Å². The Balaban J connectivity index is 1.65. The van der Waals surface area contributed by atoms with Gasteiger partial charge in [0.25, 0.3) is 0 Å². The van der Waals surface area contributed by atoms with Crippen LogP contribution in [-0.2, 0) is 5.54 Å². The number of nitrogens with zero attached hydrogens (tertiary/aromatic N) is 6. The molecule has 6 heteroatoms. The molecule has 1 aliphatic heterocycles.